The van der Waals surface area contributed by atoms with Crippen LogP contribution in [0.2, 0.25) is 0 Å². The molecule has 1 amide bonds. The second-order valence-corrected chi connectivity index (χ2v) is 9.08. The lowest BCUT2D eigenvalue weighted by atomic mass is 10.1. The third-order valence-corrected chi connectivity index (χ3v) is 6.69. The van der Waals surface area contributed by atoms with Crippen LogP contribution < -0.4 is 5.32 Å². The number of nitrogens with zero attached hydrogens (tertiary/aromatic N) is 1. The molecule has 1 fully saturated rings. The number of benzene rings is 2. The normalized spacial score (nSPS) is 14.8. The number of carbonyl (C=O) groups excluding carboxylic acids is 2. The number of carbonyl (C=O) groups is 2. The summed E-state index contributed by atoms with van der Waals surface area (Å²) in [5, 5.41) is 12.4. The van der Waals surface area contributed by atoms with Gasteiger partial charge in [-0.3, -0.25) is 4.79 Å². The van der Waals surface area contributed by atoms with Crippen molar-refractivity contribution in [2.45, 2.75) is 18.7 Å². The zero-order valence-electron chi connectivity index (χ0n) is 17.3. The van der Waals surface area contributed by atoms with E-state index in [1.54, 1.807) is 26.0 Å². The molecule has 2 aromatic carbocycles. The van der Waals surface area contributed by atoms with E-state index in [1.807, 2.05) is 0 Å². The fourth-order valence-electron chi connectivity index (χ4n) is 3.04. The smallest absolute Gasteiger partial charge is 0.342 e. The Labute approximate surface area is 180 Å². The minimum atomic E-state index is -3.72. The maximum absolute atomic E-state index is 12.8. The Morgan fingerprint density at radius 1 is 1.13 bits per heavy atom. The predicted octanol–water partition coefficient (Wildman–Crippen LogP) is 1.83. The molecule has 166 valence electrons. The molecule has 0 aliphatic carbocycles. The molecule has 0 spiro atoms. The van der Waals surface area contributed by atoms with Crippen LogP contribution in [-0.4, -0.2) is 62.6 Å². The Morgan fingerprint density at radius 3 is 2.55 bits per heavy atom. The van der Waals surface area contributed by atoms with Crippen LogP contribution in [0.4, 0.5) is 5.69 Å². The van der Waals surface area contributed by atoms with Crippen LogP contribution in [0.5, 0.6) is 5.75 Å². The van der Waals surface area contributed by atoms with Gasteiger partial charge in [0, 0.05) is 18.8 Å². The van der Waals surface area contributed by atoms with Gasteiger partial charge in [-0.05, 0) is 43.7 Å². The van der Waals surface area contributed by atoms with Crippen LogP contribution in [-0.2, 0) is 24.3 Å². The van der Waals surface area contributed by atoms with Gasteiger partial charge in [0.2, 0.25) is 10.0 Å². The fourth-order valence-corrected chi connectivity index (χ4v) is 4.48. The van der Waals surface area contributed by atoms with Gasteiger partial charge in [0.1, 0.15) is 11.3 Å². The van der Waals surface area contributed by atoms with E-state index in [0.29, 0.717) is 24.5 Å². The van der Waals surface area contributed by atoms with E-state index in [1.165, 1.54) is 28.6 Å². The van der Waals surface area contributed by atoms with Gasteiger partial charge in [-0.2, -0.15) is 4.31 Å². The Kier molecular flexibility index (Phi) is 6.94. The molecular weight excluding hydrogens is 424 g/mol. The lowest BCUT2D eigenvalue weighted by Gasteiger charge is -2.26. The summed E-state index contributed by atoms with van der Waals surface area (Å²) in [6, 6.07) is 8.93. The van der Waals surface area contributed by atoms with Crippen LogP contribution in [0.1, 0.15) is 21.5 Å². The molecule has 0 bridgehead atoms. The highest BCUT2D eigenvalue weighted by atomic mass is 32.2. The average Bonchev–Trinajstić information content (AvgIpc) is 2.75. The molecule has 0 radical (unpaired) electrons. The van der Waals surface area contributed by atoms with Crippen LogP contribution in [0.25, 0.3) is 0 Å². The second kappa shape index (κ2) is 9.46. The second-order valence-electron chi connectivity index (χ2n) is 7.14. The minimum absolute atomic E-state index is 0.0393. The molecule has 0 saturated carbocycles. The summed E-state index contributed by atoms with van der Waals surface area (Å²) in [6.45, 7) is 4.07. The van der Waals surface area contributed by atoms with Gasteiger partial charge in [0.15, 0.2) is 6.61 Å². The van der Waals surface area contributed by atoms with Crippen molar-refractivity contribution >= 4 is 27.6 Å². The van der Waals surface area contributed by atoms with E-state index in [0.717, 1.165) is 5.56 Å². The number of amides is 1. The predicted molar refractivity (Wildman–Crippen MR) is 113 cm³/mol. The average molecular weight is 448 g/mol. The molecule has 1 aliphatic heterocycles. The quantitative estimate of drug-likeness (QED) is 0.647. The molecule has 1 saturated heterocycles. The molecular formula is C21H24N2O7S. The van der Waals surface area contributed by atoms with E-state index in [-0.39, 0.29) is 29.3 Å². The number of phenols is 1. The Balaban J connectivity index is 1.68. The summed E-state index contributed by atoms with van der Waals surface area (Å²) in [5.74, 6) is -1.71. The van der Waals surface area contributed by atoms with Crippen LogP contribution in [0.3, 0.4) is 0 Å². The maximum atomic E-state index is 12.8. The number of anilines is 1. The van der Waals surface area contributed by atoms with Crippen molar-refractivity contribution in [1.29, 1.82) is 0 Å². The van der Waals surface area contributed by atoms with E-state index < -0.39 is 28.5 Å². The zero-order valence-corrected chi connectivity index (χ0v) is 18.1. The van der Waals surface area contributed by atoms with Crippen molar-refractivity contribution in [3.63, 3.8) is 0 Å². The monoisotopic (exact) mass is 448 g/mol. The number of phenolic OH excluding ortho intramolecular Hbond substituents is 1. The summed E-state index contributed by atoms with van der Waals surface area (Å²) in [5.41, 5.74) is 1.66. The molecule has 2 aromatic rings. The number of rotatable bonds is 6. The van der Waals surface area contributed by atoms with Crippen LogP contribution in [0.15, 0.2) is 41.3 Å². The number of hydrogen-bond donors (Lipinski definition) is 2. The Hall–Kier alpha value is -2.95. The number of esters is 1. The highest BCUT2D eigenvalue weighted by molar-refractivity contribution is 7.89. The molecule has 1 heterocycles. The lowest BCUT2D eigenvalue weighted by molar-refractivity contribution is -0.119. The number of aryl methyl sites for hydroxylation is 2. The van der Waals surface area contributed by atoms with Crippen molar-refractivity contribution in [3.05, 3.63) is 53.1 Å². The largest absolute Gasteiger partial charge is 0.507 e. The van der Waals surface area contributed by atoms with E-state index in [2.05, 4.69) is 5.32 Å². The van der Waals surface area contributed by atoms with Crippen LogP contribution >= 0.6 is 0 Å². The summed E-state index contributed by atoms with van der Waals surface area (Å²) in [7, 11) is -3.72. The third-order valence-electron chi connectivity index (χ3n) is 4.80. The first kappa shape index (κ1) is 22.7. The molecule has 0 aromatic heterocycles. The van der Waals surface area contributed by atoms with E-state index in [4.69, 9.17) is 9.47 Å². The first-order chi connectivity index (χ1) is 14.7. The first-order valence-corrected chi connectivity index (χ1v) is 11.1. The molecule has 9 nitrogen and oxygen atoms in total. The van der Waals surface area contributed by atoms with E-state index >= 15 is 0 Å². The lowest BCUT2D eigenvalue weighted by Crippen LogP contribution is -2.40. The Morgan fingerprint density at radius 2 is 1.84 bits per heavy atom. The molecule has 0 unspecified atom stereocenters. The number of morpholine rings is 1. The molecule has 3 rings (SSSR count). The van der Waals surface area contributed by atoms with Crippen molar-refractivity contribution in [1.82, 2.24) is 4.31 Å². The van der Waals surface area contributed by atoms with Crippen molar-refractivity contribution < 1.29 is 32.6 Å². The first-order valence-electron chi connectivity index (χ1n) is 9.63. The van der Waals surface area contributed by atoms with Gasteiger partial charge < -0.3 is 19.9 Å². The number of sulfonamides is 1. The van der Waals surface area contributed by atoms with Crippen molar-refractivity contribution in [3.8, 4) is 5.75 Å². The summed E-state index contributed by atoms with van der Waals surface area (Å²) < 4.78 is 37.2. The SMILES string of the molecule is Cc1ccc(O)c(C(=O)OCC(=O)Nc2cc(S(=O)(=O)N3CCOCC3)ccc2C)c1. The summed E-state index contributed by atoms with van der Waals surface area (Å²) in [6.07, 6.45) is 0. The van der Waals surface area contributed by atoms with Crippen molar-refractivity contribution in [2.24, 2.45) is 0 Å². The number of hydrogen-bond acceptors (Lipinski definition) is 7. The van der Waals surface area contributed by atoms with Crippen molar-refractivity contribution in [2.75, 3.05) is 38.2 Å². The zero-order chi connectivity index (χ0) is 22.6. The van der Waals surface area contributed by atoms with Gasteiger partial charge in [0.25, 0.3) is 5.91 Å². The topological polar surface area (TPSA) is 122 Å². The van der Waals surface area contributed by atoms with Gasteiger partial charge in [-0.15, -0.1) is 0 Å². The summed E-state index contributed by atoms with van der Waals surface area (Å²) >= 11 is 0. The number of nitrogens with one attached hydrogen (secondary N) is 1. The molecule has 0 atom stereocenters. The fraction of sp³-hybridized carbons (Fsp3) is 0.333. The molecule has 1 aliphatic rings. The molecule has 2 N–H and O–H groups in total. The highest BCUT2D eigenvalue weighted by Gasteiger charge is 2.27. The minimum Gasteiger partial charge on any atom is -0.507 e. The van der Waals surface area contributed by atoms with Gasteiger partial charge in [0.05, 0.1) is 18.1 Å². The van der Waals surface area contributed by atoms with Gasteiger partial charge in [-0.25, -0.2) is 13.2 Å². The summed E-state index contributed by atoms with van der Waals surface area (Å²) in [4.78, 5) is 24.5. The maximum Gasteiger partial charge on any atom is 0.342 e. The number of aromatic hydroxyl groups is 1. The number of ether oxygens (including phenoxy) is 2. The van der Waals surface area contributed by atoms with Gasteiger partial charge in [-0.1, -0.05) is 17.7 Å². The highest BCUT2D eigenvalue weighted by Crippen LogP contribution is 2.24. The van der Waals surface area contributed by atoms with Crippen LogP contribution in [0, 0.1) is 13.8 Å². The van der Waals surface area contributed by atoms with Gasteiger partial charge >= 0.3 is 5.97 Å². The Bertz CT molecular complexity index is 1090. The molecule has 10 heteroatoms. The standard InChI is InChI=1S/C21H24N2O7S/c1-14-3-6-19(24)17(11-14)21(26)30-13-20(25)22-18-12-16(5-4-15(18)2)31(27,28)23-7-9-29-10-8-23/h3-6,11-12,24H,7-10,13H2,1-2H3,(H,22,25). The third kappa shape index (κ3) is 5.40. The van der Waals surface area contributed by atoms with E-state index in [9.17, 15) is 23.1 Å². The molecule has 31 heavy (non-hydrogen) atoms.